The molecule has 28 heavy (non-hydrogen) atoms. The average molecular weight is 380 g/mol. The fraction of sp³-hybridized carbons (Fsp3) is 0.381. The lowest BCUT2D eigenvalue weighted by Gasteiger charge is -2.18. The molecule has 1 atom stereocenters. The van der Waals surface area contributed by atoms with Crippen molar-refractivity contribution in [1.29, 1.82) is 0 Å². The number of hydrogen-bond donors (Lipinski definition) is 0. The number of carbonyl (C=O) groups is 1. The number of carbonyl (C=O) groups excluding carboxylic acids is 1. The molecule has 7 nitrogen and oxygen atoms in total. The zero-order valence-corrected chi connectivity index (χ0v) is 16.4. The van der Waals surface area contributed by atoms with Crippen LogP contribution in [0.1, 0.15) is 35.3 Å². The largest absolute Gasteiger partial charge is 0.497 e. The van der Waals surface area contributed by atoms with Crippen molar-refractivity contribution in [2.24, 2.45) is 0 Å². The van der Waals surface area contributed by atoms with Gasteiger partial charge in [-0.3, -0.25) is 13.9 Å². The number of methoxy groups -OCH3 is 1. The molecule has 7 heteroatoms. The Morgan fingerprint density at radius 2 is 2.14 bits per heavy atom. The summed E-state index contributed by atoms with van der Waals surface area (Å²) in [4.78, 5) is 32.2. The Morgan fingerprint density at radius 3 is 2.86 bits per heavy atom. The predicted molar refractivity (Wildman–Crippen MR) is 107 cm³/mol. The Balaban J connectivity index is 1.63. The van der Waals surface area contributed by atoms with Gasteiger partial charge >= 0.3 is 5.69 Å². The number of ether oxygens (including phenoxy) is 1. The molecule has 146 valence electrons. The van der Waals surface area contributed by atoms with E-state index in [2.05, 4.69) is 4.98 Å². The maximum absolute atomic E-state index is 13.0. The van der Waals surface area contributed by atoms with Crippen LogP contribution in [0.3, 0.4) is 0 Å². The zero-order valence-electron chi connectivity index (χ0n) is 16.4. The highest BCUT2D eigenvalue weighted by molar-refractivity contribution is 5.96. The van der Waals surface area contributed by atoms with Crippen molar-refractivity contribution in [1.82, 2.24) is 19.0 Å². The van der Waals surface area contributed by atoms with Gasteiger partial charge in [-0.1, -0.05) is 0 Å². The minimum absolute atomic E-state index is 0.0112. The summed E-state index contributed by atoms with van der Waals surface area (Å²) < 4.78 is 8.72. The molecule has 1 fully saturated rings. The minimum Gasteiger partial charge on any atom is -0.497 e. The van der Waals surface area contributed by atoms with Crippen LogP contribution in [0.2, 0.25) is 0 Å². The van der Waals surface area contributed by atoms with Crippen LogP contribution in [0, 0.1) is 6.92 Å². The normalized spacial score (nSPS) is 16.7. The van der Waals surface area contributed by atoms with Gasteiger partial charge in [-0.15, -0.1) is 0 Å². The van der Waals surface area contributed by atoms with E-state index < -0.39 is 0 Å². The SMILES string of the molecule is CCn1c(=O)n(C2CCN(C(=O)c3ccc(OC)cc3C)C2)c2ncccc21. The van der Waals surface area contributed by atoms with Crippen LogP contribution in [0.15, 0.2) is 41.3 Å². The van der Waals surface area contributed by atoms with Crippen LogP contribution in [0.25, 0.3) is 11.2 Å². The zero-order chi connectivity index (χ0) is 19.8. The summed E-state index contributed by atoms with van der Waals surface area (Å²) in [5.41, 5.74) is 3.02. The van der Waals surface area contributed by atoms with Gasteiger partial charge in [0.1, 0.15) is 5.75 Å². The molecule has 0 saturated carbocycles. The molecule has 3 heterocycles. The van der Waals surface area contributed by atoms with Crippen LogP contribution in [-0.2, 0) is 6.54 Å². The number of hydrogen-bond acceptors (Lipinski definition) is 4. The van der Waals surface area contributed by atoms with Crippen molar-refractivity contribution in [2.45, 2.75) is 32.9 Å². The Morgan fingerprint density at radius 1 is 1.32 bits per heavy atom. The number of benzene rings is 1. The molecule has 0 aliphatic carbocycles. The number of aromatic nitrogens is 3. The molecule has 4 rings (SSSR count). The third-order valence-corrected chi connectivity index (χ3v) is 5.52. The quantitative estimate of drug-likeness (QED) is 0.698. The predicted octanol–water partition coefficient (Wildman–Crippen LogP) is 2.62. The lowest BCUT2D eigenvalue weighted by molar-refractivity contribution is 0.0787. The van der Waals surface area contributed by atoms with E-state index in [1.807, 2.05) is 36.9 Å². The fourth-order valence-electron chi connectivity index (χ4n) is 4.05. The van der Waals surface area contributed by atoms with Crippen LogP contribution >= 0.6 is 0 Å². The van der Waals surface area contributed by atoms with Gasteiger partial charge in [-0.25, -0.2) is 9.78 Å². The van der Waals surface area contributed by atoms with Gasteiger partial charge in [-0.2, -0.15) is 0 Å². The molecule has 1 aliphatic heterocycles. The second-order valence-corrected chi connectivity index (χ2v) is 7.12. The highest BCUT2D eigenvalue weighted by Crippen LogP contribution is 2.27. The van der Waals surface area contributed by atoms with Crippen molar-refractivity contribution in [3.05, 3.63) is 58.1 Å². The third kappa shape index (κ3) is 2.87. The topological polar surface area (TPSA) is 69.4 Å². The van der Waals surface area contributed by atoms with E-state index in [4.69, 9.17) is 4.74 Å². The first-order chi connectivity index (χ1) is 13.5. The van der Waals surface area contributed by atoms with E-state index in [1.165, 1.54) is 0 Å². The van der Waals surface area contributed by atoms with Crippen molar-refractivity contribution in [3.63, 3.8) is 0 Å². The number of imidazole rings is 1. The standard InChI is InChI=1S/C21H24N4O3/c1-4-24-18-6-5-10-22-19(18)25(21(24)27)15-9-11-23(13-15)20(26)17-8-7-16(28-3)12-14(17)2/h5-8,10,12,15H,4,9,11,13H2,1-3H3. The number of likely N-dealkylation sites (tertiary alicyclic amines) is 1. The molecule has 1 amide bonds. The van der Waals surface area contributed by atoms with E-state index in [9.17, 15) is 9.59 Å². The monoisotopic (exact) mass is 380 g/mol. The van der Waals surface area contributed by atoms with E-state index >= 15 is 0 Å². The number of aryl methyl sites for hydroxylation is 2. The summed E-state index contributed by atoms with van der Waals surface area (Å²) in [5.74, 6) is 0.723. The van der Waals surface area contributed by atoms with Gasteiger partial charge in [0.15, 0.2) is 5.65 Å². The maximum atomic E-state index is 13.0. The van der Waals surface area contributed by atoms with Gasteiger partial charge < -0.3 is 9.64 Å². The van der Waals surface area contributed by atoms with Gasteiger partial charge in [-0.05, 0) is 56.2 Å². The van der Waals surface area contributed by atoms with E-state index in [0.29, 0.717) is 30.8 Å². The number of fused-ring (bicyclic) bond motifs is 1. The third-order valence-electron chi connectivity index (χ3n) is 5.52. The van der Waals surface area contributed by atoms with Crippen molar-refractivity contribution in [3.8, 4) is 5.75 Å². The van der Waals surface area contributed by atoms with E-state index in [0.717, 1.165) is 23.3 Å². The van der Waals surface area contributed by atoms with Crippen molar-refractivity contribution < 1.29 is 9.53 Å². The van der Waals surface area contributed by atoms with Gasteiger partial charge in [0, 0.05) is 31.4 Å². The van der Waals surface area contributed by atoms with E-state index in [-0.39, 0.29) is 17.6 Å². The minimum atomic E-state index is -0.0693. The fourth-order valence-corrected chi connectivity index (χ4v) is 4.05. The molecule has 0 spiro atoms. The summed E-state index contributed by atoms with van der Waals surface area (Å²) in [6.07, 6.45) is 2.44. The molecule has 0 radical (unpaired) electrons. The highest BCUT2D eigenvalue weighted by atomic mass is 16.5. The van der Waals surface area contributed by atoms with Crippen LogP contribution in [-0.4, -0.2) is 45.1 Å². The summed E-state index contributed by atoms with van der Waals surface area (Å²) in [7, 11) is 1.61. The summed E-state index contributed by atoms with van der Waals surface area (Å²) >= 11 is 0. The molecule has 0 N–H and O–H groups in total. The lowest BCUT2D eigenvalue weighted by Crippen LogP contribution is -2.32. The molecule has 2 aromatic heterocycles. The van der Waals surface area contributed by atoms with Crippen molar-refractivity contribution >= 4 is 17.1 Å². The Labute approximate surface area is 163 Å². The summed E-state index contributed by atoms with van der Waals surface area (Å²) in [6, 6.07) is 9.17. The molecule has 3 aromatic rings. The van der Waals surface area contributed by atoms with Gasteiger partial charge in [0.05, 0.1) is 18.7 Å². The number of pyridine rings is 1. The van der Waals surface area contributed by atoms with E-state index in [1.54, 1.807) is 34.6 Å². The molecular weight excluding hydrogens is 356 g/mol. The van der Waals surface area contributed by atoms with Gasteiger partial charge in [0.25, 0.3) is 5.91 Å². The lowest BCUT2D eigenvalue weighted by atomic mass is 10.1. The summed E-state index contributed by atoms with van der Waals surface area (Å²) in [6.45, 7) is 5.58. The Hall–Kier alpha value is -3.09. The second kappa shape index (κ2) is 7.14. The average Bonchev–Trinajstić information content (AvgIpc) is 3.29. The van der Waals surface area contributed by atoms with Crippen LogP contribution in [0.4, 0.5) is 0 Å². The first-order valence-corrected chi connectivity index (χ1v) is 9.54. The van der Waals surface area contributed by atoms with Crippen LogP contribution in [0.5, 0.6) is 5.75 Å². The van der Waals surface area contributed by atoms with Crippen molar-refractivity contribution in [2.75, 3.05) is 20.2 Å². The molecule has 1 saturated heterocycles. The van der Waals surface area contributed by atoms with Crippen LogP contribution < -0.4 is 10.4 Å². The Bertz CT molecular complexity index is 1100. The molecule has 1 aliphatic rings. The number of amides is 1. The molecule has 1 aromatic carbocycles. The first kappa shape index (κ1) is 18.3. The smallest absolute Gasteiger partial charge is 0.330 e. The molecule has 1 unspecified atom stereocenters. The highest BCUT2D eigenvalue weighted by Gasteiger charge is 2.31. The Kier molecular flexibility index (Phi) is 4.66. The maximum Gasteiger partial charge on any atom is 0.330 e. The summed E-state index contributed by atoms with van der Waals surface area (Å²) in [5, 5.41) is 0. The van der Waals surface area contributed by atoms with Gasteiger partial charge in [0.2, 0.25) is 0 Å². The number of nitrogens with zero attached hydrogens (tertiary/aromatic N) is 4. The molecule has 0 bridgehead atoms. The second-order valence-electron chi connectivity index (χ2n) is 7.12. The molecular formula is C21H24N4O3. The first-order valence-electron chi connectivity index (χ1n) is 9.54. The number of rotatable bonds is 4.